The quantitative estimate of drug-likeness (QED) is 0.586. The van der Waals surface area contributed by atoms with Crippen LogP contribution < -0.4 is 9.62 Å². The SMILES string of the molecule is CN(C)Cc1ccccc1CNC(=O)c1cccc(S(=O)(=O)N(C)c2ccccc2)c1. The van der Waals surface area contributed by atoms with Gasteiger partial charge in [0.15, 0.2) is 0 Å². The van der Waals surface area contributed by atoms with Gasteiger partial charge in [-0.2, -0.15) is 0 Å². The van der Waals surface area contributed by atoms with Crippen molar-refractivity contribution >= 4 is 21.6 Å². The van der Waals surface area contributed by atoms with Crippen LogP contribution in [-0.4, -0.2) is 40.4 Å². The van der Waals surface area contributed by atoms with E-state index in [1.807, 2.05) is 44.4 Å². The summed E-state index contributed by atoms with van der Waals surface area (Å²) in [6, 6.07) is 22.9. The number of para-hydroxylation sites is 1. The number of carbonyl (C=O) groups excluding carboxylic acids is 1. The standard InChI is InChI=1S/C24H27N3O3S/c1-26(2)18-21-11-8-7-10-20(21)17-25-24(28)19-12-9-15-23(16-19)31(29,30)27(3)22-13-5-4-6-14-22/h4-16H,17-18H2,1-3H3,(H,25,28). The summed E-state index contributed by atoms with van der Waals surface area (Å²) in [6.07, 6.45) is 0. The van der Waals surface area contributed by atoms with Crippen LogP contribution in [0, 0.1) is 0 Å². The summed E-state index contributed by atoms with van der Waals surface area (Å²) in [5.74, 6) is -0.320. The van der Waals surface area contributed by atoms with Crippen molar-refractivity contribution < 1.29 is 13.2 Å². The van der Waals surface area contributed by atoms with Crippen molar-refractivity contribution in [3.63, 3.8) is 0 Å². The molecule has 0 unspecified atom stereocenters. The van der Waals surface area contributed by atoms with Crippen molar-refractivity contribution in [1.29, 1.82) is 0 Å². The summed E-state index contributed by atoms with van der Waals surface area (Å²) in [6.45, 7) is 1.13. The highest BCUT2D eigenvalue weighted by atomic mass is 32.2. The third-order valence-corrected chi connectivity index (χ3v) is 6.70. The van der Waals surface area contributed by atoms with Gasteiger partial charge in [-0.1, -0.05) is 48.5 Å². The molecule has 3 aromatic rings. The zero-order valence-electron chi connectivity index (χ0n) is 17.9. The average molecular weight is 438 g/mol. The largest absolute Gasteiger partial charge is 0.348 e. The normalized spacial score (nSPS) is 11.4. The van der Waals surface area contributed by atoms with E-state index in [1.54, 1.807) is 36.4 Å². The Hall–Kier alpha value is -3.16. The van der Waals surface area contributed by atoms with Gasteiger partial charge in [0, 0.05) is 25.7 Å². The van der Waals surface area contributed by atoms with Crippen molar-refractivity contribution in [2.45, 2.75) is 18.0 Å². The molecule has 0 heterocycles. The molecule has 3 aromatic carbocycles. The molecule has 0 aliphatic carbocycles. The van der Waals surface area contributed by atoms with Crippen LogP contribution >= 0.6 is 0 Å². The van der Waals surface area contributed by atoms with Crippen LogP contribution in [0.1, 0.15) is 21.5 Å². The first-order valence-electron chi connectivity index (χ1n) is 9.93. The van der Waals surface area contributed by atoms with Gasteiger partial charge in [0.1, 0.15) is 0 Å². The van der Waals surface area contributed by atoms with E-state index in [9.17, 15) is 13.2 Å². The Morgan fingerprint density at radius 3 is 2.16 bits per heavy atom. The van der Waals surface area contributed by atoms with Gasteiger partial charge >= 0.3 is 0 Å². The van der Waals surface area contributed by atoms with Crippen molar-refractivity contribution in [1.82, 2.24) is 10.2 Å². The minimum Gasteiger partial charge on any atom is -0.348 e. The summed E-state index contributed by atoms with van der Waals surface area (Å²) < 4.78 is 27.3. The molecule has 0 saturated carbocycles. The van der Waals surface area contributed by atoms with Crippen molar-refractivity contribution in [2.24, 2.45) is 0 Å². The zero-order valence-corrected chi connectivity index (χ0v) is 18.8. The lowest BCUT2D eigenvalue weighted by molar-refractivity contribution is 0.0950. The number of nitrogens with one attached hydrogen (secondary N) is 1. The van der Waals surface area contributed by atoms with E-state index in [1.165, 1.54) is 23.5 Å². The van der Waals surface area contributed by atoms with Gasteiger partial charge in [-0.15, -0.1) is 0 Å². The molecular formula is C24H27N3O3S. The molecule has 0 aliphatic heterocycles. The molecule has 7 heteroatoms. The highest BCUT2D eigenvalue weighted by Crippen LogP contribution is 2.22. The number of sulfonamides is 1. The molecule has 3 rings (SSSR count). The Labute approximate surface area is 184 Å². The second-order valence-corrected chi connectivity index (χ2v) is 9.49. The van der Waals surface area contributed by atoms with Gasteiger partial charge in [0.2, 0.25) is 0 Å². The second-order valence-electron chi connectivity index (χ2n) is 7.53. The molecular weight excluding hydrogens is 410 g/mol. The van der Waals surface area contributed by atoms with E-state index in [2.05, 4.69) is 10.2 Å². The monoisotopic (exact) mass is 437 g/mol. The minimum atomic E-state index is -3.79. The molecule has 1 N–H and O–H groups in total. The summed E-state index contributed by atoms with van der Waals surface area (Å²) in [5, 5.41) is 2.90. The van der Waals surface area contributed by atoms with Gasteiger partial charge < -0.3 is 10.2 Å². The van der Waals surface area contributed by atoms with Crippen LogP contribution in [0.5, 0.6) is 0 Å². The summed E-state index contributed by atoms with van der Waals surface area (Å²) >= 11 is 0. The molecule has 0 bridgehead atoms. The number of amides is 1. The van der Waals surface area contributed by atoms with Crippen molar-refractivity contribution in [3.8, 4) is 0 Å². The Bertz CT molecular complexity index is 1150. The number of hydrogen-bond acceptors (Lipinski definition) is 4. The maximum atomic E-state index is 13.0. The lowest BCUT2D eigenvalue weighted by Crippen LogP contribution is -2.27. The minimum absolute atomic E-state index is 0.0690. The molecule has 0 radical (unpaired) electrons. The Kier molecular flexibility index (Phi) is 7.09. The fourth-order valence-corrected chi connectivity index (χ4v) is 4.48. The fourth-order valence-electron chi connectivity index (χ4n) is 3.24. The van der Waals surface area contributed by atoms with Crippen LogP contribution in [0.4, 0.5) is 5.69 Å². The molecule has 6 nitrogen and oxygen atoms in total. The van der Waals surface area contributed by atoms with Gasteiger partial charge in [-0.3, -0.25) is 9.10 Å². The van der Waals surface area contributed by atoms with Crippen LogP contribution in [0.15, 0.2) is 83.8 Å². The lowest BCUT2D eigenvalue weighted by Gasteiger charge is -2.19. The predicted molar refractivity (Wildman–Crippen MR) is 123 cm³/mol. The number of anilines is 1. The maximum absolute atomic E-state index is 13.0. The molecule has 0 saturated heterocycles. The first kappa shape index (κ1) is 22.5. The molecule has 1 amide bonds. The number of rotatable bonds is 8. The molecule has 0 aliphatic rings. The Morgan fingerprint density at radius 1 is 0.839 bits per heavy atom. The first-order valence-corrected chi connectivity index (χ1v) is 11.4. The van der Waals surface area contributed by atoms with E-state index in [-0.39, 0.29) is 10.8 Å². The summed E-state index contributed by atoms with van der Waals surface area (Å²) in [5.41, 5.74) is 3.01. The van der Waals surface area contributed by atoms with Crippen molar-refractivity contribution in [2.75, 3.05) is 25.4 Å². The number of nitrogens with zero attached hydrogens (tertiary/aromatic N) is 2. The Balaban J connectivity index is 1.77. The summed E-state index contributed by atoms with van der Waals surface area (Å²) in [4.78, 5) is 14.9. The zero-order chi connectivity index (χ0) is 22.4. The molecule has 0 fully saturated rings. The van der Waals surface area contributed by atoms with Gasteiger partial charge in [-0.05, 0) is 55.6 Å². The molecule has 0 aromatic heterocycles. The lowest BCUT2D eigenvalue weighted by atomic mass is 10.1. The molecule has 31 heavy (non-hydrogen) atoms. The average Bonchev–Trinajstić information content (AvgIpc) is 2.78. The van der Waals surface area contributed by atoms with Gasteiger partial charge in [0.05, 0.1) is 10.6 Å². The second kappa shape index (κ2) is 9.76. The molecule has 0 atom stereocenters. The smallest absolute Gasteiger partial charge is 0.264 e. The third kappa shape index (κ3) is 5.51. The van der Waals surface area contributed by atoms with Crippen LogP contribution in [-0.2, 0) is 23.1 Å². The van der Waals surface area contributed by atoms with E-state index >= 15 is 0 Å². The molecule has 162 valence electrons. The van der Waals surface area contributed by atoms with E-state index in [0.29, 0.717) is 17.8 Å². The predicted octanol–water partition coefficient (Wildman–Crippen LogP) is 3.50. The highest BCUT2D eigenvalue weighted by Gasteiger charge is 2.22. The topological polar surface area (TPSA) is 69.7 Å². The van der Waals surface area contributed by atoms with E-state index < -0.39 is 10.0 Å². The number of carbonyl (C=O) groups is 1. The third-order valence-electron chi connectivity index (χ3n) is 4.92. The Morgan fingerprint density at radius 2 is 1.48 bits per heavy atom. The number of benzene rings is 3. The number of hydrogen-bond donors (Lipinski definition) is 1. The van der Waals surface area contributed by atoms with Crippen LogP contribution in [0.2, 0.25) is 0 Å². The highest BCUT2D eigenvalue weighted by molar-refractivity contribution is 7.92. The van der Waals surface area contributed by atoms with Gasteiger partial charge in [0.25, 0.3) is 15.9 Å². The van der Waals surface area contributed by atoms with Crippen LogP contribution in [0.25, 0.3) is 0 Å². The molecule has 0 spiro atoms. The maximum Gasteiger partial charge on any atom is 0.264 e. The first-order chi connectivity index (χ1) is 14.8. The fraction of sp³-hybridized carbons (Fsp3) is 0.208. The van der Waals surface area contributed by atoms with E-state index in [0.717, 1.165) is 17.7 Å². The van der Waals surface area contributed by atoms with Crippen LogP contribution in [0.3, 0.4) is 0 Å². The van der Waals surface area contributed by atoms with Crippen molar-refractivity contribution in [3.05, 3.63) is 95.6 Å². The van der Waals surface area contributed by atoms with Gasteiger partial charge in [-0.25, -0.2) is 8.42 Å². The summed E-state index contributed by atoms with van der Waals surface area (Å²) in [7, 11) is 1.70. The van der Waals surface area contributed by atoms with E-state index in [4.69, 9.17) is 0 Å².